The van der Waals surface area contributed by atoms with Gasteiger partial charge in [-0.3, -0.25) is 4.98 Å². The minimum Gasteiger partial charge on any atom is -0.411 e. The maximum atomic E-state index is 8.36. The van der Waals surface area contributed by atoms with Crippen LogP contribution in [0, 0.1) is 0 Å². The van der Waals surface area contributed by atoms with E-state index in [1.807, 2.05) is 42.5 Å². The summed E-state index contributed by atoms with van der Waals surface area (Å²) >= 11 is 0. The summed E-state index contributed by atoms with van der Waals surface area (Å²) in [4.78, 5) is 4.24. The highest BCUT2D eigenvalue weighted by molar-refractivity contribution is 5.80. The number of hydrogen-bond donors (Lipinski definition) is 1. The Morgan fingerprint density at radius 1 is 1.07 bits per heavy atom. The van der Waals surface area contributed by atoms with Crippen LogP contribution in [0.25, 0.3) is 11.3 Å². The van der Waals surface area contributed by atoms with Crippen molar-refractivity contribution in [2.45, 2.75) is 0 Å². The van der Waals surface area contributed by atoms with Gasteiger partial charge in [0.25, 0.3) is 0 Å². The molecule has 0 aliphatic rings. The van der Waals surface area contributed by atoms with Gasteiger partial charge in [-0.15, -0.1) is 0 Å². The normalized spacial score (nSPS) is 10.7. The largest absolute Gasteiger partial charge is 0.411 e. The average Bonchev–Trinajstić information content (AvgIpc) is 2.32. The van der Waals surface area contributed by atoms with E-state index in [9.17, 15) is 0 Å². The van der Waals surface area contributed by atoms with Crippen molar-refractivity contribution in [3.05, 3.63) is 54.2 Å². The second-order valence-corrected chi connectivity index (χ2v) is 3.08. The van der Waals surface area contributed by atoms with E-state index in [0.29, 0.717) is 0 Å². The van der Waals surface area contributed by atoms with E-state index in [1.54, 1.807) is 6.20 Å². The third kappa shape index (κ3) is 2.20. The van der Waals surface area contributed by atoms with Crippen LogP contribution in [0.4, 0.5) is 0 Å². The molecule has 0 atom stereocenters. The lowest BCUT2D eigenvalue weighted by Crippen LogP contribution is -1.84. The van der Waals surface area contributed by atoms with Crippen LogP contribution in [0.2, 0.25) is 0 Å². The van der Waals surface area contributed by atoms with Crippen molar-refractivity contribution >= 4 is 6.21 Å². The molecule has 15 heavy (non-hydrogen) atoms. The Morgan fingerprint density at radius 2 is 1.87 bits per heavy atom. The molecule has 74 valence electrons. The van der Waals surface area contributed by atoms with Crippen LogP contribution in [0.3, 0.4) is 0 Å². The lowest BCUT2D eigenvalue weighted by Gasteiger charge is -1.99. The quantitative estimate of drug-likeness (QED) is 0.458. The third-order valence-corrected chi connectivity index (χ3v) is 2.08. The lowest BCUT2D eigenvalue weighted by molar-refractivity contribution is 0.322. The number of oxime groups is 1. The first kappa shape index (κ1) is 9.40. The van der Waals surface area contributed by atoms with Crippen LogP contribution in [0.5, 0.6) is 0 Å². The molecule has 2 rings (SSSR count). The van der Waals surface area contributed by atoms with Crippen molar-refractivity contribution in [3.8, 4) is 11.3 Å². The molecular weight excluding hydrogens is 188 g/mol. The van der Waals surface area contributed by atoms with E-state index in [2.05, 4.69) is 10.1 Å². The molecule has 3 nitrogen and oxygen atoms in total. The summed E-state index contributed by atoms with van der Waals surface area (Å²) < 4.78 is 0. The Morgan fingerprint density at radius 3 is 2.47 bits per heavy atom. The highest BCUT2D eigenvalue weighted by Gasteiger charge is 1.96. The molecule has 0 unspecified atom stereocenters. The number of pyridine rings is 1. The van der Waals surface area contributed by atoms with Gasteiger partial charge in [0.1, 0.15) is 0 Å². The molecule has 0 saturated heterocycles. The number of aromatic nitrogens is 1. The SMILES string of the molecule is O/N=C/c1ccc(-c2ccccn2)cc1. The van der Waals surface area contributed by atoms with Crippen molar-refractivity contribution in [1.29, 1.82) is 0 Å². The van der Waals surface area contributed by atoms with Gasteiger partial charge in [0.2, 0.25) is 0 Å². The zero-order valence-corrected chi connectivity index (χ0v) is 8.04. The van der Waals surface area contributed by atoms with Crippen LogP contribution >= 0.6 is 0 Å². The van der Waals surface area contributed by atoms with Crippen molar-refractivity contribution in [1.82, 2.24) is 4.98 Å². The number of nitrogens with zero attached hydrogens (tertiary/aromatic N) is 2. The predicted molar refractivity (Wildman–Crippen MR) is 59.1 cm³/mol. The predicted octanol–water partition coefficient (Wildman–Crippen LogP) is 2.56. The van der Waals surface area contributed by atoms with E-state index in [4.69, 9.17) is 5.21 Å². The van der Waals surface area contributed by atoms with Gasteiger partial charge >= 0.3 is 0 Å². The zero-order chi connectivity index (χ0) is 10.5. The maximum absolute atomic E-state index is 8.36. The Balaban J connectivity index is 2.32. The average molecular weight is 198 g/mol. The Hall–Kier alpha value is -2.16. The highest BCUT2D eigenvalue weighted by atomic mass is 16.4. The van der Waals surface area contributed by atoms with E-state index in [1.165, 1.54) is 6.21 Å². The van der Waals surface area contributed by atoms with Crippen molar-refractivity contribution in [2.24, 2.45) is 5.16 Å². The molecule has 0 saturated carbocycles. The molecule has 0 aliphatic carbocycles. The van der Waals surface area contributed by atoms with Crippen LogP contribution < -0.4 is 0 Å². The second kappa shape index (κ2) is 4.37. The van der Waals surface area contributed by atoms with Gasteiger partial charge in [0.05, 0.1) is 11.9 Å². The standard InChI is InChI=1S/C12H10N2O/c15-14-9-10-4-6-11(7-5-10)12-3-1-2-8-13-12/h1-9,15H/b14-9+. The summed E-state index contributed by atoms with van der Waals surface area (Å²) in [6.45, 7) is 0. The zero-order valence-electron chi connectivity index (χ0n) is 8.04. The summed E-state index contributed by atoms with van der Waals surface area (Å²) in [7, 11) is 0. The molecule has 1 N–H and O–H groups in total. The molecule has 0 bridgehead atoms. The molecule has 1 aromatic heterocycles. The molecule has 2 aromatic rings. The fraction of sp³-hybridized carbons (Fsp3) is 0. The molecule has 0 amide bonds. The van der Waals surface area contributed by atoms with E-state index in [0.717, 1.165) is 16.8 Å². The number of hydrogen-bond acceptors (Lipinski definition) is 3. The smallest absolute Gasteiger partial charge is 0.0733 e. The fourth-order valence-corrected chi connectivity index (χ4v) is 1.34. The Kier molecular flexibility index (Phi) is 2.74. The van der Waals surface area contributed by atoms with Gasteiger partial charge in [0, 0.05) is 11.8 Å². The topological polar surface area (TPSA) is 45.5 Å². The first-order valence-electron chi connectivity index (χ1n) is 4.59. The summed E-state index contributed by atoms with van der Waals surface area (Å²) in [5.41, 5.74) is 2.84. The van der Waals surface area contributed by atoms with Crippen molar-refractivity contribution < 1.29 is 5.21 Å². The van der Waals surface area contributed by atoms with Gasteiger partial charge in [-0.05, 0) is 17.7 Å². The third-order valence-electron chi connectivity index (χ3n) is 2.08. The molecule has 1 heterocycles. The molecule has 1 aromatic carbocycles. The molecule has 0 aliphatic heterocycles. The summed E-state index contributed by atoms with van der Waals surface area (Å²) in [6, 6.07) is 13.4. The van der Waals surface area contributed by atoms with E-state index in [-0.39, 0.29) is 0 Å². The first-order chi connectivity index (χ1) is 7.40. The summed E-state index contributed by atoms with van der Waals surface area (Å²) in [5, 5.41) is 11.3. The van der Waals surface area contributed by atoms with Gasteiger partial charge in [-0.2, -0.15) is 0 Å². The summed E-state index contributed by atoms with van der Waals surface area (Å²) in [6.07, 6.45) is 3.15. The second-order valence-electron chi connectivity index (χ2n) is 3.08. The highest BCUT2D eigenvalue weighted by Crippen LogP contribution is 2.15. The van der Waals surface area contributed by atoms with Crippen LogP contribution in [0.15, 0.2) is 53.8 Å². The number of benzene rings is 1. The molecule has 0 fully saturated rings. The monoisotopic (exact) mass is 198 g/mol. The molecular formula is C12H10N2O. The van der Waals surface area contributed by atoms with Crippen LogP contribution in [0.1, 0.15) is 5.56 Å². The molecule has 0 radical (unpaired) electrons. The van der Waals surface area contributed by atoms with Crippen LogP contribution in [-0.2, 0) is 0 Å². The van der Waals surface area contributed by atoms with Gasteiger partial charge in [-0.1, -0.05) is 35.5 Å². The molecule has 0 spiro atoms. The minimum atomic E-state index is 0.859. The van der Waals surface area contributed by atoms with E-state index < -0.39 is 0 Å². The minimum absolute atomic E-state index is 0.859. The Bertz CT molecular complexity index is 449. The lowest BCUT2D eigenvalue weighted by atomic mass is 10.1. The maximum Gasteiger partial charge on any atom is 0.0733 e. The number of rotatable bonds is 2. The van der Waals surface area contributed by atoms with Gasteiger partial charge < -0.3 is 5.21 Å². The van der Waals surface area contributed by atoms with Crippen molar-refractivity contribution in [2.75, 3.05) is 0 Å². The van der Waals surface area contributed by atoms with Crippen LogP contribution in [-0.4, -0.2) is 16.4 Å². The Labute approximate surface area is 87.7 Å². The van der Waals surface area contributed by atoms with E-state index >= 15 is 0 Å². The molecule has 3 heteroatoms. The first-order valence-corrected chi connectivity index (χ1v) is 4.59. The van der Waals surface area contributed by atoms with Gasteiger partial charge in [0.15, 0.2) is 0 Å². The summed E-state index contributed by atoms with van der Waals surface area (Å²) in [5.74, 6) is 0. The van der Waals surface area contributed by atoms with Crippen molar-refractivity contribution in [3.63, 3.8) is 0 Å². The van der Waals surface area contributed by atoms with Gasteiger partial charge in [-0.25, -0.2) is 0 Å². The fourth-order valence-electron chi connectivity index (χ4n) is 1.34.